The smallest absolute Gasteiger partial charge is 0.257 e. The normalized spacial score (nSPS) is 28.6. The average molecular weight is 266 g/mol. The quantitative estimate of drug-likeness (QED) is 0.765. The van der Waals surface area contributed by atoms with Crippen molar-refractivity contribution in [3.8, 4) is 0 Å². The van der Waals surface area contributed by atoms with E-state index in [1.165, 1.54) is 20.3 Å². The molecular weight excluding hydrogens is 249 g/mol. The topological polar surface area (TPSA) is 29.1 Å². The number of amides is 1. The van der Waals surface area contributed by atoms with Gasteiger partial charge in [-0.1, -0.05) is 28.8 Å². The van der Waals surface area contributed by atoms with Gasteiger partial charge in [-0.15, -0.1) is 0 Å². The lowest BCUT2D eigenvalue weighted by molar-refractivity contribution is -0.131. The second-order valence-electron chi connectivity index (χ2n) is 4.35. The molecule has 14 heavy (non-hydrogen) atoms. The monoisotopic (exact) mass is 265 g/mol. The van der Waals surface area contributed by atoms with Crippen LogP contribution in [0.1, 0.15) is 39.5 Å². The Balaban J connectivity index is 2.46. The lowest BCUT2D eigenvalue weighted by Gasteiger charge is -2.29. The van der Waals surface area contributed by atoms with Crippen molar-refractivity contribution in [2.75, 3.05) is 0 Å². The second-order valence-corrected chi connectivity index (χ2v) is 5.53. The fraction of sp³-hybridized carbons (Fsp3) is 0.900. The van der Waals surface area contributed by atoms with Gasteiger partial charge in [-0.05, 0) is 26.7 Å². The zero-order chi connectivity index (χ0) is 10.8. The Labute approximate surface area is 92.8 Å². The Morgan fingerprint density at radius 3 is 2.50 bits per heavy atom. The van der Waals surface area contributed by atoms with E-state index >= 15 is 0 Å². The summed E-state index contributed by atoms with van der Waals surface area (Å²) in [5.41, 5.74) is -1.77. The SMILES string of the molecule is CC(C)(F)C(=O)NC1CCCCC1Br. The van der Waals surface area contributed by atoms with E-state index in [9.17, 15) is 9.18 Å². The number of rotatable bonds is 2. The van der Waals surface area contributed by atoms with Crippen LogP contribution < -0.4 is 5.32 Å². The van der Waals surface area contributed by atoms with Crippen molar-refractivity contribution in [3.05, 3.63) is 0 Å². The van der Waals surface area contributed by atoms with E-state index in [0.29, 0.717) is 4.83 Å². The zero-order valence-electron chi connectivity index (χ0n) is 8.65. The molecule has 1 fully saturated rings. The summed E-state index contributed by atoms with van der Waals surface area (Å²) < 4.78 is 13.2. The molecule has 0 aliphatic heterocycles. The number of hydrogen-bond acceptors (Lipinski definition) is 1. The first kappa shape index (κ1) is 12.0. The van der Waals surface area contributed by atoms with Crippen LogP contribution in [0.4, 0.5) is 4.39 Å². The molecule has 0 saturated heterocycles. The number of halogens is 2. The second kappa shape index (κ2) is 4.60. The molecule has 1 N–H and O–H groups in total. The van der Waals surface area contributed by atoms with Crippen LogP contribution in [0.15, 0.2) is 0 Å². The Morgan fingerprint density at radius 2 is 2.00 bits per heavy atom. The van der Waals surface area contributed by atoms with E-state index < -0.39 is 11.6 Å². The minimum atomic E-state index is -1.77. The van der Waals surface area contributed by atoms with Crippen LogP contribution in [0.25, 0.3) is 0 Å². The van der Waals surface area contributed by atoms with E-state index in [-0.39, 0.29) is 6.04 Å². The molecule has 0 spiro atoms. The third-order valence-electron chi connectivity index (χ3n) is 2.54. The highest BCUT2D eigenvalue weighted by Crippen LogP contribution is 2.25. The number of carbonyl (C=O) groups is 1. The molecule has 1 amide bonds. The Bertz CT molecular complexity index is 215. The van der Waals surface area contributed by atoms with Crippen molar-refractivity contribution < 1.29 is 9.18 Å². The van der Waals surface area contributed by atoms with Gasteiger partial charge in [-0.2, -0.15) is 0 Å². The van der Waals surface area contributed by atoms with Gasteiger partial charge in [0.1, 0.15) is 0 Å². The molecule has 1 aliphatic rings. The van der Waals surface area contributed by atoms with Crippen molar-refractivity contribution in [3.63, 3.8) is 0 Å². The first-order valence-corrected chi connectivity index (χ1v) is 5.97. The van der Waals surface area contributed by atoms with Crippen LogP contribution in [-0.2, 0) is 4.79 Å². The van der Waals surface area contributed by atoms with Crippen LogP contribution in [0.2, 0.25) is 0 Å². The molecule has 4 heteroatoms. The number of hydrogen-bond donors (Lipinski definition) is 1. The summed E-state index contributed by atoms with van der Waals surface area (Å²) >= 11 is 3.51. The fourth-order valence-electron chi connectivity index (χ4n) is 1.59. The Morgan fingerprint density at radius 1 is 1.43 bits per heavy atom. The van der Waals surface area contributed by atoms with Gasteiger partial charge in [0.05, 0.1) is 0 Å². The highest BCUT2D eigenvalue weighted by Gasteiger charge is 2.31. The number of nitrogens with one attached hydrogen (secondary N) is 1. The summed E-state index contributed by atoms with van der Waals surface area (Å²) in [7, 11) is 0. The van der Waals surface area contributed by atoms with Crippen molar-refractivity contribution >= 4 is 21.8 Å². The Hall–Kier alpha value is -0.120. The highest BCUT2D eigenvalue weighted by molar-refractivity contribution is 9.09. The first-order chi connectivity index (χ1) is 6.41. The molecular formula is C10H17BrFNO. The third kappa shape index (κ3) is 3.23. The predicted octanol–water partition coefficient (Wildman–Crippen LogP) is 2.56. The maximum absolute atomic E-state index is 13.2. The molecule has 1 aliphatic carbocycles. The van der Waals surface area contributed by atoms with Crippen molar-refractivity contribution in [2.45, 2.75) is 56.1 Å². The molecule has 82 valence electrons. The van der Waals surface area contributed by atoms with E-state index in [1.54, 1.807) is 0 Å². The van der Waals surface area contributed by atoms with Crippen molar-refractivity contribution in [1.82, 2.24) is 5.32 Å². The molecule has 0 radical (unpaired) electrons. The van der Waals surface area contributed by atoms with Crippen LogP contribution in [0.3, 0.4) is 0 Å². The van der Waals surface area contributed by atoms with Crippen LogP contribution in [0, 0.1) is 0 Å². The van der Waals surface area contributed by atoms with E-state index in [0.717, 1.165) is 19.3 Å². The van der Waals surface area contributed by atoms with Crippen LogP contribution in [0.5, 0.6) is 0 Å². The molecule has 0 bridgehead atoms. The molecule has 0 aromatic carbocycles. The van der Waals surface area contributed by atoms with Gasteiger partial charge in [0.25, 0.3) is 5.91 Å². The van der Waals surface area contributed by atoms with Gasteiger partial charge >= 0.3 is 0 Å². The molecule has 2 unspecified atom stereocenters. The molecule has 0 aromatic rings. The van der Waals surface area contributed by atoms with Crippen molar-refractivity contribution in [1.29, 1.82) is 0 Å². The summed E-state index contributed by atoms with van der Waals surface area (Å²) in [6.07, 6.45) is 4.29. The van der Waals surface area contributed by atoms with Gasteiger partial charge in [0, 0.05) is 10.9 Å². The minimum Gasteiger partial charge on any atom is -0.349 e. The maximum Gasteiger partial charge on any atom is 0.257 e. The molecule has 1 saturated carbocycles. The number of alkyl halides is 2. The molecule has 0 aromatic heterocycles. The summed E-state index contributed by atoms with van der Waals surface area (Å²) in [4.78, 5) is 11.7. The lowest BCUT2D eigenvalue weighted by atomic mass is 9.94. The van der Waals surface area contributed by atoms with Crippen LogP contribution in [-0.4, -0.2) is 22.4 Å². The van der Waals surface area contributed by atoms with Gasteiger partial charge in [-0.25, -0.2) is 4.39 Å². The van der Waals surface area contributed by atoms with E-state index in [4.69, 9.17) is 0 Å². The summed E-state index contributed by atoms with van der Waals surface area (Å²) in [6.45, 7) is 2.57. The fourth-order valence-corrected chi connectivity index (χ4v) is 2.31. The molecule has 2 atom stereocenters. The minimum absolute atomic E-state index is 0.0891. The average Bonchev–Trinajstić information content (AvgIpc) is 2.07. The van der Waals surface area contributed by atoms with Gasteiger partial charge in [0.2, 0.25) is 0 Å². The first-order valence-electron chi connectivity index (χ1n) is 5.05. The summed E-state index contributed by atoms with van der Waals surface area (Å²) in [5.74, 6) is -0.506. The van der Waals surface area contributed by atoms with Crippen LogP contribution >= 0.6 is 15.9 Å². The summed E-state index contributed by atoms with van der Waals surface area (Å²) in [5, 5.41) is 2.75. The van der Waals surface area contributed by atoms with Crippen molar-refractivity contribution in [2.24, 2.45) is 0 Å². The van der Waals surface area contributed by atoms with E-state index in [1.807, 2.05) is 0 Å². The number of carbonyl (C=O) groups excluding carboxylic acids is 1. The molecule has 2 nitrogen and oxygen atoms in total. The van der Waals surface area contributed by atoms with Gasteiger partial charge in [0.15, 0.2) is 5.67 Å². The molecule has 0 heterocycles. The third-order valence-corrected chi connectivity index (χ3v) is 3.63. The highest BCUT2D eigenvalue weighted by atomic mass is 79.9. The molecule has 1 rings (SSSR count). The Kier molecular flexibility index (Phi) is 3.93. The standard InChI is InChI=1S/C10H17BrFNO/c1-10(2,12)9(14)13-8-6-4-3-5-7(8)11/h7-8H,3-6H2,1-2H3,(H,13,14). The maximum atomic E-state index is 13.2. The zero-order valence-corrected chi connectivity index (χ0v) is 10.2. The largest absolute Gasteiger partial charge is 0.349 e. The lowest BCUT2D eigenvalue weighted by Crippen LogP contribution is -2.48. The van der Waals surface area contributed by atoms with Gasteiger partial charge in [-0.3, -0.25) is 4.79 Å². The summed E-state index contributed by atoms with van der Waals surface area (Å²) in [6, 6.07) is 0.0891. The predicted molar refractivity (Wildman–Crippen MR) is 58.3 cm³/mol. The van der Waals surface area contributed by atoms with E-state index in [2.05, 4.69) is 21.2 Å². The van der Waals surface area contributed by atoms with Gasteiger partial charge < -0.3 is 5.32 Å².